The fourth-order valence-corrected chi connectivity index (χ4v) is 1.06. The summed E-state index contributed by atoms with van der Waals surface area (Å²) in [5.41, 5.74) is 0.655. The van der Waals surface area contributed by atoms with E-state index in [2.05, 4.69) is 5.32 Å². The lowest BCUT2D eigenvalue weighted by Crippen LogP contribution is -2.16. The van der Waals surface area contributed by atoms with Gasteiger partial charge < -0.3 is 9.88 Å². The Morgan fingerprint density at radius 3 is 2.73 bits per heavy atom. The minimum atomic E-state index is -0.175. The average Bonchev–Trinajstić information content (AvgIpc) is 1.99. The van der Waals surface area contributed by atoms with Gasteiger partial charge in [-0.3, -0.25) is 4.79 Å². The van der Waals surface area contributed by atoms with E-state index in [0.29, 0.717) is 0 Å². The van der Waals surface area contributed by atoms with E-state index < -0.39 is 0 Å². The molecule has 1 rings (SSSR count). The molecule has 0 amide bonds. The van der Waals surface area contributed by atoms with E-state index in [1.54, 1.807) is 26.4 Å². The van der Waals surface area contributed by atoms with Gasteiger partial charge >= 0.3 is 0 Å². The van der Waals surface area contributed by atoms with Crippen LogP contribution in [0.4, 0.5) is 5.69 Å². The van der Waals surface area contributed by atoms with Gasteiger partial charge in [-0.05, 0) is 6.07 Å². The van der Waals surface area contributed by atoms with Crippen LogP contribution in [0.5, 0.6) is 0 Å². The Kier molecular flexibility index (Phi) is 2.19. The Labute approximate surface area is 69.6 Å². The fraction of sp³-hybridized carbons (Fsp3) is 0.286. The van der Waals surface area contributed by atoms with E-state index in [4.69, 9.17) is 11.6 Å². The zero-order chi connectivity index (χ0) is 8.43. The number of aromatic nitrogens is 1. The van der Waals surface area contributed by atoms with Crippen molar-refractivity contribution in [3.8, 4) is 0 Å². The van der Waals surface area contributed by atoms with Gasteiger partial charge in [0.1, 0.15) is 5.02 Å². The third kappa shape index (κ3) is 1.54. The van der Waals surface area contributed by atoms with E-state index in [0.717, 1.165) is 5.69 Å². The number of hydrogen-bond acceptors (Lipinski definition) is 2. The van der Waals surface area contributed by atoms with Crippen LogP contribution in [-0.4, -0.2) is 11.6 Å². The van der Waals surface area contributed by atoms with Crippen LogP contribution in [0.1, 0.15) is 0 Å². The zero-order valence-electron chi connectivity index (χ0n) is 6.39. The smallest absolute Gasteiger partial charge is 0.269 e. The quantitative estimate of drug-likeness (QED) is 0.688. The first-order valence-electron chi connectivity index (χ1n) is 3.19. The molecule has 0 unspecified atom stereocenters. The van der Waals surface area contributed by atoms with Gasteiger partial charge in [-0.2, -0.15) is 0 Å². The number of rotatable bonds is 1. The van der Waals surface area contributed by atoms with Crippen LogP contribution in [-0.2, 0) is 7.05 Å². The summed E-state index contributed by atoms with van der Waals surface area (Å²) in [5.74, 6) is 0. The molecule has 1 heterocycles. The number of nitrogens with zero attached hydrogens (tertiary/aromatic N) is 1. The first-order valence-corrected chi connectivity index (χ1v) is 3.57. The molecule has 1 aromatic heterocycles. The predicted octanol–water partition coefficient (Wildman–Crippen LogP) is 1.08. The Morgan fingerprint density at radius 1 is 1.64 bits per heavy atom. The fourth-order valence-electron chi connectivity index (χ4n) is 0.808. The highest BCUT2D eigenvalue weighted by Gasteiger charge is 1.99. The molecule has 0 saturated carbocycles. The molecule has 0 aliphatic rings. The SMILES string of the molecule is CNc1cc(Cl)c(=O)n(C)c1. The lowest BCUT2D eigenvalue weighted by Gasteiger charge is -2.02. The molecule has 0 bridgehead atoms. The molecule has 60 valence electrons. The molecule has 3 nitrogen and oxygen atoms in total. The number of pyridine rings is 1. The lowest BCUT2D eigenvalue weighted by atomic mass is 10.4. The van der Waals surface area contributed by atoms with Gasteiger partial charge in [-0.15, -0.1) is 0 Å². The number of hydrogen-bond donors (Lipinski definition) is 1. The molecule has 0 radical (unpaired) electrons. The van der Waals surface area contributed by atoms with Crippen molar-refractivity contribution >= 4 is 17.3 Å². The van der Waals surface area contributed by atoms with Crippen molar-refractivity contribution in [2.45, 2.75) is 0 Å². The summed E-state index contributed by atoms with van der Waals surface area (Å²) in [6.45, 7) is 0. The highest BCUT2D eigenvalue weighted by molar-refractivity contribution is 6.30. The summed E-state index contributed by atoms with van der Waals surface area (Å²) < 4.78 is 1.44. The third-order valence-corrected chi connectivity index (χ3v) is 1.70. The van der Waals surface area contributed by atoms with Crippen molar-refractivity contribution in [2.24, 2.45) is 7.05 Å². The van der Waals surface area contributed by atoms with E-state index >= 15 is 0 Å². The lowest BCUT2D eigenvalue weighted by molar-refractivity contribution is 0.862. The van der Waals surface area contributed by atoms with Crippen LogP contribution in [0.3, 0.4) is 0 Å². The van der Waals surface area contributed by atoms with E-state index in [1.165, 1.54) is 4.57 Å². The van der Waals surface area contributed by atoms with Crippen LogP contribution in [0, 0.1) is 0 Å². The summed E-state index contributed by atoms with van der Waals surface area (Å²) in [6, 6.07) is 1.60. The van der Waals surface area contributed by atoms with Crippen molar-refractivity contribution in [3.05, 3.63) is 27.6 Å². The van der Waals surface area contributed by atoms with Gasteiger partial charge in [-0.25, -0.2) is 0 Å². The molecule has 0 atom stereocenters. The van der Waals surface area contributed by atoms with Crippen molar-refractivity contribution in [2.75, 3.05) is 12.4 Å². The van der Waals surface area contributed by atoms with Crippen molar-refractivity contribution in [1.29, 1.82) is 0 Å². The molecular formula is C7H9ClN2O. The highest BCUT2D eigenvalue weighted by Crippen LogP contribution is 2.08. The largest absolute Gasteiger partial charge is 0.387 e. The number of anilines is 1. The molecule has 11 heavy (non-hydrogen) atoms. The molecule has 1 N–H and O–H groups in total. The second-order valence-electron chi connectivity index (χ2n) is 2.24. The second-order valence-corrected chi connectivity index (χ2v) is 2.65. The Morgan fingerprint density at radius 2 is 2.27 bits per heavy atom. The van der Waals surface area contributed by atoms with Crippen molar-refractivity contribution in [3.63, 3.8) is 0 Å². The van der Waals surface area contributed by atoms with Crippen LogP contribution in [0.2, 0.25) is 5.02 Å². The third-order valence-electron chi connectivity index (χ3n) is 1.43. The predicted molar refractivity (Wildman–Crippen MR) is 46.2 cm³/mol. The van der Waals surface area contributed by atoms with Crippen molar-refractivity contribution in [1.82, 2.24) is 4.57 Å². The number of halogens is 1. The van der Waals surface area contributed by atoms with Gasteiger partial charge in [0.05, 0.1) is 5.69 Å². The Hall–Kier alpha value is -0.960. The molecule has 0 fully saturated rings. The summed E-state index contributed by atoms with van der Waals surface area (Å²) in [6.07, 6.45) is 1.69. The van der Waals surface area contributed by atoms with Crippen LogP contribution in [0.25, 0.3) is 0 Å². The molecule has 0 saturated heterocycles. The average molecular weight is 173 g/mol. The molecular weight excluding hydrogens is 164 g/mol. The molecule has 0 aliphatic carbocycles. The van der Waals surface area contributed by atoms with Crippen LogP contribution in [0.15, 0.2) is 17.1 Å². The Balaban J connectivity index is 3.32. The highest BCUT2D eigenvalue weighted by atomic mass is 35.5. The van der Waals surface area contributed by atoms with Gasteiger partial charge in [0.2, 0.25) is 0 Å². The van der Waals surface area contributed by atoms with Crippen LogP contribution < -0.4 is 10.9 Å². The molecule has 1 aromatic rings. The van der Waals surface area contributed by atoms with Gasteiger partial charge in [0.15, 0.2) is 0 Å². The topological polar surface area (TPSA) is 34.0 Å². The minimum Gasteiger partial charge on any atom is -0.387 e. The van der Waals surface area contributed by atoms with Gasteiger partial charge in [-0.1, -0.05) is 11.6 Å². The Bertz CT molecular complexity index is 292. The van der Waals surface area contributed by atoms with E-state index in [1.807, 2.05) is 0 Å². The maximum Gasteiger partial charge on any atom is 0.269 e. The zero-order valence-corrected chi connectivity index (χ0v) is 7.14. The summed E-state index contributed by atoms with van der Waals surface area (Å²) >= 11 is 5.62. The normalized spacial score (nSPS) is 9.73. The van der Waals surface area contributed by atoms with Crippen LogP contribution >= 0.6 is 11.6 Å². The van der Waals surface area contributed by atoms with E-state index in [-0.39, 0.29) is 10.6 Å². The second kappa shape index (κ2) is 2.96. The maximum atomic E-state index is 11.0. The molecule has 0 spiro atoms. The first kappa shape index (κ1) is 8.14. The number of nitrogens with one attached hydrogen (secondary N) is 1. The standard InChI is InChI=1S/C7H9ClN2O/c1-9-5-3-6(8)7(11)10(2)4-5/h3-4,9H,1-2H3. The molecule has 4 heteroatoms. The minimum absolute atomic E-state index is 0.175. The van der Waals surface area contributed by atoms with Crippen molar-refractivity contribution < 1.29 is 0 Å². The summed E-state index contributed by atoms with van der Waals surface area (Å²) in [4.78, 5) is 11.0. The maximum absolute atomic E-state index is 11.0. The summed E-state index contributed by atoms with van der Waals surface area (Å²) in [5, 5.41) is 3.13. The van der Waals surface area contributed by atoms with Gasteiger partial charge in [0, 0.05) is 20.3 Å². The first-order chi connectivity index (χ1) is 5.15. The monoisotopic (exact) mass is 172 g/mol. The van der Waals surface area contributed by atoms with E-state index in [9.17, 15) is 4.79 Å². The summed E-state index contributed by atoms with van der Waals surface area (Å²) in [7, 11) is 3.44. The molecule has 0 aromatic carbocycles. The molecule has 0 aliphatic heterocycles. The van der Waals surface area contributed by atoms with Gasteiger partial charge in [0.25, 0.3) is 5.56 Å². The number of aryl methyl sites for hydroxylation is 1.